The zero-order valence-corrected chi connectivity index (χ0v) is 12.3. The first-order chi connectivity index (χ1) is 9.89. The number of rotatable bonds is 5. The largest absolute Gasteiger partial charge is 0.481 e. The fourth-order valence-electron chi connectivity index (χ4n) is 2.77. The van der Waals surface area contributed by atoms with Crippen LogP contribution in [0.4, 0.5) is 11.5 Å². The van der Waals surface area contributed by atoms with Gasteiger partial charge < -0.3 is 10.0 Å². The molecule has 21 heavy (non-hydrogen) atoms. The Kier molecular flexibility index (Phi) is 4.32. The van der Waals surface area contributed by atoms with Crippen LogP contribution in [0, 0.1) is 15.5 Å². The molecule has 1 aliphatic rings. The third kappa shape index (κ3) is 2.92. The quantitative estimate of drug-likeness (QED) is 0.663. The zero-order chi connectivity index (χ0) is 15.6. The number of carbonyl (C=O) groups is 1. The third-order valence-electron chi connectivity index (χ3n) is 3.85. The normalized spacial score (nSPS) is 21.5. The summed E-state index contributed by atoms with van der Waals surface area (Å²) >= 11 is 6.05. The maximum absolute atomic E-state index is 11.5. The molecule has 1 aromatic heterocycles. The molecule has 0 bridgehead atoms. The Bertz CT molecular complexity index is 581. The molecule has 114 valence electrons. The SMILES string of the molecule is CCCC1(C(=O)O)CCN(c2ncc([N+](=O)[O-])cc2Cl)C1. The van der Waals surface area contributed by atoms with Crippen molar-refractivity contribution in [3.05, 3.63) is 27.4 Å². The van der Waals surface area contributed by atoms with Gasteiger partial charge >= 0.3 is 5.97 Å². The molecule has 0 saturated carbocycles. The van der Waals surface area contributed by atoms with Gasteiger partial charge in [0, 0.05) is 19.2 Å². The van der Waals surface area contributed by atoms with Crippen molar-refractivity contribution in [3.8, 4) is 0 Å². The second kappa shape index (κ2) is 5.85. The summed E-state index contributed by atoms with van der Waals surface area (Å²) in [5, 5.41) is 20.3. The first-order valence-electron chi connectivity index (χ1n) is 6.68. The molecule has 0 aromatic carbocycles. The summed E-state index contributed by atoms with van der Waals surface area (Å²) < 4.78 is 0. The predicted molar refractivity (Wildman–Crippen MR) is 77.7 cm³/mol. The van der Waals surface area contributed by atoms with E-state index in [1.54, 1.807) is 4.90 Å². The highest BCUT2D eigenvalue weighted by Crippen LogP contribution is 2.39. The van der Waals surface area contributed by atoms with Crippen LogP contribution in [0.5, 0.6) is 0 Å². The fourth-order valence-corrected chi connectivity index (χ4v) is 3.05. The molecule has 2 rings (SSSR count). The van der Waals surface area contributed by atoms with Crippen molar-refractivity contribution in [1.82, 2.24) is 4.98 Å². The molecule has 1 unspecified atom stereocenters. The van der Waals surface area contributed by atoms with E-state index in [-0.39, 0.29) is 10.7 Å². The lowest BCUT2D eigenvalue weighted by Crippen LogP contribution is -2.34. The van der Waals surface area contributed by atoms with Crippen LogP contribution < -0.4 is 4.90 Å². The van der Waals surface area contributed by atoms with Crippen molar-refractivity contribution in [1.29, 1.82) is 0 Å². The molecule has 1 saturated heterocycles. The van der Waals surface area contributed by atoms with Crippen molar-refractivity contribution in [2.24, 2.45) is 5.41 Å². The number of nitrogens with zero attached hydrogens (tertiary/aromatic N) is 3. The van der Waals surface area contributed by atoms with E-state index in [0.717, 1.165) is 12.6 Å². The zero-order valence-electron chi connectivity index (χ0n) is 11.6. The molecule has 1 aromatic rings. The van der Waals surface area contributed by atoms with Crippen molar-refractivity contribution >= 4 is 29.1 Å². The Morgan fingerprint density at radius 2 is 2.38 bits per heavy atom. The maximum atomic E-state index is 11.5. The molecule has 2 heterocycles. The Balaban J connectivity index is 2.25. The van der Waals surface area contributed by atoms with Gasteiger partial charge in [0.05, 0.1) is 15.4 Å². The number of pyridine rings is 1. The number of carboxylic acid groups (broad SMARTS) is 1. The molecule has 1 fully saturated rings. The van der Waals surface area contributed by atoms with E-state index in [0.29, 0.717) is 31.7 Å². The number of aliphatic carboxylic acids is 1. The highest BCUT2D eigenvalue weighted by molar-refractivity contribution is 6.33. The number of nitro groups is 1. The first-order valence-corrected chi connectivity index (χ1v) is 7.06. The lowest BCUT2D eigenvalue weighted by atomic mass is 9.83. The Morgan fingerprint density at radius 3 is 2.90 bits per heavy atom. The summed E-state index contributed by atoms with van der Waals surface area (Å²) in [6, 6.07) is 1.24. The van der Waals surface area contributed by atoms with E-state index in [2.05, 4.69) is 4.98 Å². The summed E-state index contributed by atoms with van der Waals surface area (Å²) in [7, 11) is 0. The molecule has 0 amide bonds. The van der Waals surface area contributed by atoms with Crippen molar-refractivity contribution < 1.29 is 14.8 Å². The molecule has 1 N–H and O–H groups in total. The van der Waals surface area contributed by atoms with Crippen molar-refractivity contribution in [2.75, 3.05) is 18.0 Å². The number of carboxylic acids is 1. The van der Waals surface area contributed by atoms with Gasteiger partial charge in [0.2, 0.25) is 0 Å². The smallest absolute Gasteiger partial charge is 0.311 e. The summed E-state index contributed by atoms with van der Waals surface area (Å²) in [6.45, 7) is 2.79. The van der Waals surface area contributed by atoms with Gasteiger partial charge in [-0.1, -0.05) is 24.9 Å². The monoisotopic (exact) mass is 313 g/mol. The second-order valence-electron chi connectivity index (χ2n) is 5.26. The van der Waals surface area contributed by atoms with Gasteiger partial charge in [-0.2, -0.15) is 0 Å². The van der Waals surface area contributed by atoms with E-state index in [9.17, 15) is 20.0 Å². The lowest BCUT2D eigenvalue weighted by molar-refractivity contribution is -0.385. The second-order valence-corrected chi connectivity index (χ2v) is 5.67. The van der Waals surface area contributed by atoms with Gasteiger partial charge in [-0.3, -0.25) is 14.9 Å². The first kappa shape index (κ1) is 15.5. The molecule has 7 nitrogen and oxygen atoms in total. The van der Waals surface area contributed by atoms with Gasteiger partial charge in [0.15, 0.2) is 0 Å². The van der Waals surface area contributed by atoms with Gasteiger partial charge in [-0.25, -0.2) is 4.98 Å². The van der Waals surface area contributed by atoms with E-state index in [1.807, 2.05) is 6.92 Å². The highest BCUT2D eigenvalue weighted by atomic mass is 35.5. The van der Waals surface area contributed by atoms with E-state index >= 15 is 0 Å². The van der Waals surface area contributed by atoms with Crippen LogP contribution in [0.2, 0.25) is 5.02 Å². The average molecular weight is 314 g/mol. The molecule has 8 heteroatoms. The van der Waals surface area contributed by atoms with Gasteiger partial charge in [-0.05, 0) is 12.8 Å². The van der Waals surface area contributed by atoms with Crippen LogP contribution in [0.15, 0.2) is 12.3 Å². The number of anilines is 1. The standard InChI is InChI=1S/C13H16ClN3O4/c1-2-3-13(12(18)19)4-5-16(8-13)11-10(14)6-9(7-15-11)17(20)21/h6-7H,2-5,8H2,1H3,(H,18,19). The Hall–Kier alpha value is -1.89. The number of halogens is 1. The van der Waals surface area contributed by atoms with E-state index in [1.165, 1.54) is 6.07 Å². The van der Waals surface area contributed by atoms with Gasteiger partial charge in [-0.15, -0.1) is 0 Å². The molecule has 0 aliphatic carbocycles. The van der Waals surface area contributed by atoms with Crippen LogP contribution >= 0.6 is 11.6 Å². The van der Waals surface area contributed by atoms with Crippen LogP contribution in [-0.2, 0) is 4.79 Å². The van der Waals surface area contributed by atoms with Crippen molar-refractivity contribution in [3.63, 3.8) is 0 Å². The topological polar surface area (TPSA) is 96.6 Å². The molecule has 1 atom stereocenters. The number of hydrogen-bond acceptors (Lipinski definition) is 5. The Morgan fingerprint density at radius 1 is 1.67 bits per heavy atom. The van der Waals surface area contributed by atoms with Gasteiger partial charge in [0.1, 0.15) is 12.0 Å². The number of aromatic nitrogens is 1. The molecule has 0 spiro atoms. The van der Waals surface area contributed by atoms with Crippen LogP contribution in [0.3, 0.4) is 0 Å². The molecule has 0 radical (unpaired) electrons. The average Bonchev–Trinajstić information content (AvgIpc) is 2.84. The Labute approximate surface area is 126 Å². The number of hydrogen-bond donors (Lipinski definition) is 1. The fraction of sp³-hybridized carbons (Fsp3) is 0.538. The van der Waals surface area contributed by atoms with Gasteiger partial charge in [0.25, 0.3) is 5.69 Å². The maximum Gasteiger partial charge on any atom is 0.311 e. The minimum absolute atomic E-state index is 0.168. The summed E-state index contributed by atoms with van der Waals surface area (Å²) in [5.41, 5.74) is -0.970. The molecular weight excluding hydrogens is 298 g/mol. The summed E-state index contributed by atoms with van der Waals surface area (Å²) in [5.74, 6) is -0.411. The van der Waals surface area contributed by atoms with Crippen molar-refractivity contribution in [2.45, 2.75) is 26.2 Å². The van der Waals surface area contributed by atoms with E-state index in [4.69, 9.17) is 11.6 Å². The van der Waals surface area contributed by atoms with Crippen LogP contribution in [0.1, 0.15) is 26.2 Å². The van der Waals surface area contributed by atoms with E-state index < -0.39 is 16.3 Å². The summed E-state index contributed by atoms with van der Waals surface area (Å²) in [4.78, 5) is 27.5. The lowest BCUT2D eigenvalue weighted by Gasteiger charge is -2.24. The third-order valence-corrected chi connectivity index (χ3v) is 4.13. The minimum atomic E-state index is -0.815. The minimum Gasteiger partial charge on any atom is -0.481 e. The molecule has 1 aliphatic heterocycles. The summed E-state index contributed by atoms with van der Waals surface area (Å²) in [6.07, 6.45) is 3.03. The predicted octanol–water partition coefficient (Wildman–Crippen LogP) is 2.72. The highest BCUT2D eigenvalue weighted by Gasteiger charge is 2.44. The molecular formula is C13H16ClN3O4. The van der Waals surface area contributed by atoms with Crippen LogP contribution in [-0.4, -0.2) is 34.1 Å². The van der Waals surface area contributed by atoms with Crippen LogP contribution in [0.25, 0.3) is 0 Å².